The van der Waals surface area contributed by atoms with Crippen LogP contribution in [0.4, 0.5) is 5.13 Å². The van der Waals surface area contributed by atoms with E-state index in [1.54, 1.807) is 10.7 Å². The number of anilines is 1. The normalized spacial score (nSPS) is 20.8. The number of hydrogen-bond donors (Lipinski definition) is 0. The summed E-state index contributed by atoms with van der Waals surface area (Å²) >= 11 is 1.45. The zero-order valence-corrected chi connectivity index (χ0v) is 16.0. The number of nitrogens with zero attached hydrogens (tertiary/aromatic N) is 6. The van der Waals surface area contributed by atoms with E-state index in [-0.39, 0.29) is 5.56 Å². The van der Waals surface area contributed by atoms with Crippen LogP contribution in [0.15, 0.2) is 23.3 Å². The first-order valence-electron chi connectivity index (χ1n) is 8.76. The van der Waals surface area contributed by atoms with Crippen molar-refractivity contribution in [2.45, 2.75) is 32.3 Å². The Labute approximate surface area is 155 Å². The van der Waals surface area contributed by atoms with E-state index in [9.17, 15) is 4.79 Å². The van der Waals surface area contributed by atoms with Gasteiger partial charge in [0.15, 0.2) is 0 Å². The molecule has 1 saturated heterocycles. The maximum Gasteiger partial charge on any atom is 0.275 e. The number of fused-ring (bicyclic) bond motifs is 1. The molecule has 0 N–H and O–H groups in total. The highest BCUT2D eigenvalue weighted by Crippen LogP contribution is 2.32. The Balaban J connectivity index is 1.66. The zero-order chi connectivity index (χ0) is 18.3. The molecule has 0 radical (unpaired) electrons. The Morgan fingerprint density at radius 1 is 1.42 bits per heavy atom. The van der Waals surface area contributed by atoms with Crippen LogP contribution < -0.4 is 10.5 Å². The Morgan fingerprint density at radius 3 is 3.00 bits per heavy atom. The zero-order valence-electron chi connectivity index (χ0n) is 15.2. The van der Waals surface area contributed by atoms with Crippen molar-refractivity contribution in [2.75, 3.05) is 24.6 Å². The van der Waals surface area contributed by atoms with Gasteiger partial charge in [-0.2, -0.15) is 9.61 Å². The highest BCUT2D eigenvalue weighted by Gasteiger charge is 2.36. The summed E-state index contributed by atoms with van der Waals surface area (Å²) in [5.74, 6) is 0. The Hall–Kier alpha value is -2.26. The second-order valence-electron chi connectivity index (χ2n) is 6.82. The lowest BCUT2D eigenvalue weighted by Crippen LogP contribution is -2.48. The number of aryl methyl sites for hydroxylation is 2. The van der Waals surface area contributed by atoms with E-state index in [1.165, 1.54) is 15.9 Å². The summed E-state index contributed by atoms with van der Waals surface area (Å²) in [6, 6.07) is 1.58. The van der Waals surface area contributed by atoms with Gasteiger partial charge >= 0.3 is 0 Å². The van der Waals surface area contributed by atoms with Crippen molar-refractivity contribution in [3.63, 3.8) is 0 Å². The highest BCUT2D eigenvalue weighted by atomic mass is 32.1. The highest BCUT2D eigenvalue weighted by molar-refractivity contribution is 7.20. The molecule has 4 rings (SSSR count). The monoisotopic (exact) mass is 374 g/mol. The van der Waals surface area contributed by atoms with Gasteiger partial charge in [0.2, 0.25) is 10.1 Å². The van der Waals surface area contributed by atoms with Gasteiger partial charge in [0, 0.05) is 37.1 Å². The minimum Gasteiger partial charge on any atom is -0.367 e. The molecule has 1 fully saturated rings. The lowest BCUT2D eigenvalue weighted by molar-refractivity contribution is -0.0466. The van der Waals surface area contributed by atoms with Gasteiger partial charge < -0.3 is 9.64 Å². The van der Waals surface area contributed by atoms with Gasteiger partial charge in [-0.25, -0.2) is 4.98 Å². The fourth-order valence-corrected chi connectivity index (χ4v) is 4.21. The average Bonchev–Trinajstić information content (AvgIpc) is 3.22. The predicted octanol–water partition coefficient (Wildman–Crippen LogP) is 1.59. The third-order valence-electron chi connectivity index (χ3n) is 4.65. The number of rotatable bonds is 4. The molecule has 0 spiro atoms. The molecule has 0 bridgehead atoms. The molecule has 4 heterocycles. The minimum atomic E-state index is -0.462. The minimum absolute atomic E-state index is 0.121. The first kappa shape index (κ1) is 17.2. The molecule has 0 saturated carbocycles. The molecular formula is C17H22N6O2S. The largest absolute Gasteiger partial charge is 0.367 e. The third-order valence-corrected chi connectivity index (χ3v) is 5.62. The van der Waals surface area contributed by atoms with Gasteiger partial charge in [0.25, 0.3) is 5.56 Å². The van der Waals surface area contributed by atoms with Gasteiger partial charge in [-0.3, -0.25) is 9.48 Å². The van der Waals surface area contributed by atoms with E-state index in [4.69, 9.17) is 4.74 Å². The topological polar surface area (TPSA) is 77.5 Å². The summed E-state index contributed by atoms with van der Waals surface area (Å²) < 4.78 is 9.24. The Morgan fingerprint density at radius 2 is 2.27 bits per heavy atom. The molecule has 1 aliphatic rings. The quantitative estimate of drug-likeness (QED) is 0.690. The second-order valence-corrected chi connectivity index (χ2v) is 7.75. The molecule has 9 heteroatoms. The number of morpholine rings is 1. The van der Waals surface area contributed by atoms with Gasteiger partial charge in [-0.15, -0.1) is 5.10 Å². The Bertz CT molecular complexity index is 993. The van der Waals surface area contributed by atoms with Crippen molar-refractivity contribution in [1.29, 1.82) is 0 Å². The summed E-state index contributed by atoms with van der Waals surface area (Å²) in [4.78, 5) is 19.7. The molecular weight excluding hydrogens is 352 g/mol. The van der Waals surface area contributed by atoms with E-state index in [1.807, 2.05) is 19.4 Å². The van der Waals surface area contributed by atoms with Crippen molar-refractivity contribution >= 4 is 21.4 Å². The summed E-state index contributed by atoms with van der Waals surface area (Å²) in [5.41, 5.74) is 1.28. The maximum absolute atomic E-state index is 12.3. The van der Waals surface area contributed by atoms with Gasteiger partial charge in [-0.1, -0.05) is 24.7 Å². The maximum atomic E-state index is 12.3. The van der Waals surface area contributed by atoms with Crippen molar-refractivity contribution < 1.29 is 4.74 Å². The number of hydrogen-bond acceptors (Lipinski definition) is 7. The number of ether oxygens (including phenoxy) is 1. The van der Waals surface area contributed by atoms with E-state index in [0.29, 0.717) is 18.1 Å². The van der Waals surface area contributed by atoms with Crippen LogP contribution in [0.3, 0.4) is 0 Å². The Kier molecular flexibility index (Phi) is 4.28. The smallest absolute Gasteiger partial charge is 0.275 e. The van der Waals surface area contributed by atoms with Crippen LogP contribution in [0.25, 0.3) is 4.96 Å². The SMILES string of the molecule is CCCc1cc(=O)n2nc(N3CCOC(C)(c4cnn(C)c4)C3)sc2n1. The third kappa shape index (κ3) is 3.01. The number of aromatic nitrogens is 5. The standard InChI is InChI=1S/C17H22N6O2S/c1-4-5-13-8-14(24)23-15(19-13)26-16(20-23)22-6-7-25-17(2,11-22)12-9-18-21(3)10-12/h8-10H,4-7,11H2,1-3H3. The second kappa shape index (κ2) is 6.48. The van der Waals surface area contributed by atoms with Gasteiger partial charge in [0.05, 0.1) is 19.3 Å². The van der Waals surface area contributed by atoms with Crippen LogP contribution in [-0.4, -0.2) is 44.1 Å². The first-order valence-corrected chi connectivity index (χ1v) is 9.58. The van der Waals surface area contributed by atoms with Crippen molar-refractivity contribution in [3.8, 4) is 0 Å². The summed E-state index contributed by atoms with van der Waals surface area (Å²) in [5, 5.41) is 9.56. The molecule has 3 aromatic heterocycles. The van der Waals surface area contributed by atoms with Crippen molar-refractivity contribution in [3.05, 3.63) is 40.1 Å². The molecule has 1 atom stereocenters. The lowest BCUT2D eigenvalue weighted by atomic mass is 9.97. The molecule has 8 nitrogen and oxygen atoms in total. The summed E-state index contributed by atoms with van der Waals surface area (Å²) in [6.07, 6.45) is 5.58. The van der Waals surface area contributed by atoms with E-state index in [2.05, 4.69) is 33.9 Å². The van der Waals surface area contributed by atoms with Gasteiger partial charge in [-0.05, 0) is 13.3 Å². The molecule has 138 valence electrons. The summed E-state index contributed by atoms with van der Waals surface area (Å²) in [7, 11) is 1.90. The van der Waals surface area contributed by atoms with Crippen molar-refractivity contribution in [1.82, 2.24) is 24.4 Å². The van der Waals surface area contributed by atoms with E-state index < -0.39 is 5.60 Å². The van der Waals surface area contributed by atoms with Crippen molar-refractivity contribution in [2.24, 2.45) is 7.05 Å². The molecule has 1 unspecified atom stereocenters. The van der Waals surface area contributed by atoms with Crippen LogP contribution in [0.2, 0.25) is 0 Å². The molecule has 1 aliphatic heterocycles. The molecule has 0 amide bonds. The fraction of sp³-hybridized carbons (Fsp3) is 0.529. The summed E-state index contributed by atoms with van der Waals surface area (Å²) in [6.45, 7) is 6.11. The first-order chi connectivity index (χ1) is 12.5. The van der Waals surface area contributed by atoms with Crippen LogP contribution in [0, 0.1) is 0 Å². The molecule has 3 aromatic rings. The molecule has 0 aromatic carbocycles. The van der Waals surface area contributed by atoms with Crippen LogP contribution in [0.1, 0.15) is 31.5 Å². The molecule has 0 aliphatic carbocycles. The van der Waals surface area contributed by atoms with Crippen LogP contribution >= 0.6 is 11.3 Å². The average molecular weight is 374 g/mol. The van der Waals surface area contributed by atoms with Crippen LogP contribution in [-0.2, 0) is 23.8 Å². The van der Waals surface area contributed by atoms with E-state index >= 15 is 0 Å². The van der Waals surface area contributed by atoms with Gasteiger partial charge in [0.1, 0.15) is 5.60 Å². The fourth-order valence-electron chi connectivity index (χ4n) is 3.26. The van der Waals surface area contributed by atoms with Crippen LogP contribution in [0.5, 0.6) is 0 Å². The lowest BCUT2D eigenvalue weighted by Gasteiger charge is -2.39. The predicted molar refractivity (Wildman–Crippen MR) is 99.9 cm³/mol. The van der Waals surface area contributed by atoms with E-state index in [0.717, 1.165) is 35.8 Å². The molecule has 26 heavy (non-hydrogen) atoms.